The Morgan fingerprint density at radius 1 is 0.636 bits per heavy atom. The summed E-state index contributed by atoms with van der Waals surface area (Å²) >= 11 is 0. The number of hydrogen-bond acceptors (Lipinski definition) is 5. The lowest BCUT2D eigenvalue weighted by Crippen LogP contribution is -2.52. The smallest absolute Gasteiger partial charge is 0.431 e. The summed E-state index contributed by atoms with van der Waals surface area (Å²) in [5.74, 6) is -4.30. The van der Waals surface area contributed by atoms with Gasteiger partial charge in [0.05, 0.1) is 16.7 Å². The second-order valence-electron chi connectivity index (χ2n) is 7.56. The van der Waals surface area contributed by atoms with E-state index in [1.807, 2.05) is 0 Å². The van der Waals surface area contributed by atoms with E-state index in [2.05, 4.69) is 9.47 Å². The van der Waals surface area contributed by atoms with Crippen LogP contribution in [0.2, 0.25) is 0 Å². The Balaban J connectivity index is 1.98. The number of carbonyl (C=O) groups excluding carboxylic acids is 3. The third-order valence-corrected chi connectivity index (χ3v) is 5.87. The van der Waals surface area contributed by atoms with E-state index in [9.17, 15) is 40.7 Å². The Labute approximate surface area is 176 Å². The molecule has 2 heterocycles. The van der Waals surface area contributed by atoms with Crippen LogP contribution in [0.15, 0.2) is 24.3 Å². The van der Waals surface area contributed by atoms with Gasteiger partial charge in [-0.25, -0.2) is 23.2 Å². The maximum atomic E-state index is 16.0. The molecule has 2 aromatic carbocycles. The van der Waals surface area contributed by atoms with Crippen molar-refractivity contribution in [3.05, 3.63) is 68.8 Å². The van der Waals surface area contributed by atoms with Gasteiger partial charge in [0.25, 0.3) is 11.3 Å². The molecule has 0 radical (unpaired) electrons. The molecular weight excluding hydrogens is 472 g/mol. The van der Waals surface area contributed by atoms with Crippen LogP contribution in [0.1, 0.15) is 58.9 Å². The molecule has 13 heteroatoms. The first kappa shape index (κ1) is 21.3. The van der Waals surface area contributed by atoms with Gasteiger partial charge in [-0.3, -0.25) is 0 Å². The fraction of sp³-hybridized carbons (Fsp3) is 0.250. The van der Waals surface area contributed by atoms with Gasteiger partial charge in [-0.2, -0.15) is 26.3 Å². The molecule has 0 bridgehead atoms. The van der Waals surface area contributed by atoms with Crippen LogP contribution in [0.3, 0.4) is 0 Å². The number of ether oxygens (including phenoxy) is 2. The topological polar surface area (TPSA) is 69.7 Å². The van der Waals surface area contributed by atoms with Crippen LogP contribution in [0, 0.1) is 0 Å². The van der Waals surface area contributed by atoms with Crippen LogP contribution >= 0.6 is 0 Å². The summed E-state index contributed by atoms with van der Waals surface area (Å²) in [5, 5.41) is 0. The molecule has 0 N–H and O–H groups in total. The van der Waals surface area contributed by atoms with Crippen molar-refractivity contribution in [2.75, 3.05) is 0 Å². The monoisotopic (exact) mass is 478 g/mol. The first-order valence-electron chi connectivity index (χ1n) is 8.94. The Morgan fingerprint density at radius 3 is 1.45 bits per heavy atom. The van der Waals surface area contributed by atoms with Gasteiger partial charge >= 0.3 is 30.3 Å². The van der Waals surface area contributed by atoms with Gasteiger partial charge in [0, 0.05) is 27.8 Å². The number of rotatable bonds is 0. The summed E-state index contributed by atoms with van der Waals surface area (Å²) < 4.78 is 126. The van der Waals surface area contributed by atoms with Crippen LogP contribution in [0.25, 0.3) is 0 Å². The normalized spacial score (nSPS) is 25.8. The summed E-state index contributed by atoms with van der Waals surface area (Å²) in [5.41, 5.74) is -19.8. The van der Waals surface area contributed by atoms with Crippen molar-refractivity contribution in [2.24, 2.45) is 0 Å². The van der Waals surface area contributed by atoms with Crippen LogP contribution < -0.4 is 0 Å². The van der Waals surface area contributed by atoms with Crippen molar-refractivity contribution in [3.8, 4) is 0 Å². The number of benzene rings is 2. The summed E-state index contributed by atoms with van der Waals surface area (Å²) in [4.78, 5) is 35.4. The highest BCUT2D eigenvalue weighted by atomic mass is 19.4. The molecule has 2 unspecified atom stereocenters. The molecule has 33 heavy (non-hydrogen) atoms. The first-order valence-corrected chi connectivity index (χ1v) is 8.94. The van der Waals surface area contributed by atoms with E-state index >= 15 is 8.78 Å². The summed E-state index contributed by atoms with van der Waals surface area (Å²) in [6.45, 7) is -0.668. The van der Waals surface area contributed by atoms with Crippen molar-refractivity contribution < 1.29 is 59.0 Å². The molecule has 0 aromatic heterocycles. The van der Waals surface area contributed by atoms with Crippen molar-refractivity contribution in [1.29, 1.82) is 0 Å². The van der Waals surface area contributed by atoms with E-state index in [0.717, 1.165) is 0 Å². The molecule has 0 fully saturated rings. The van der Waals surface area contributed by atoms with Crippen LogP contribution in [-0.2, 0) is 27.4 Å². The van der Waals surface area contributed by atoms with E-state index in [-0.39, 0.29) is 23.8 Å². The van der Waals surface area contributed by atoms with E-state index in [1.54, 1.807) is 0 Å². The summed E-state index contributed by atoms with van der Waals surface area (Å²) in [6, 6.07) is 0.541. The zero-order chi connectivity index (χ0) is 24.3. The van der Waals surface area contributed by atoms with Crippen molar-refractivity contribution in [3.63, 3.8) is 0 Å². The molecule has 0 amide bonds. The van der Waals surface area contributed by atoms with Gasteiger partial charge in [0.15, 0.2) is 0 Å². The van der Waals surface area contributed by atoms with E-state index in [1.165, 1.54) is 0 Å². The zero-order valence-corrected chi connectivity index (χ0v) is 15.6. The lowest BCUT2D eigenvalue weighted by Gasteiger charge is -2.43. The summed E-state index contributed by atoms with van der Waals surface area (Å²) in [7, 11) is 0. The molecule has 0 spiro atoms. The second kappa shape index (κ2) is 5.88. The Kier molecular flexibility index (Phi) is 3.81. The molecule has 2 aliphatic heterocycles. The quantitative estimate of drug-likeness (QED) is 0.316. The third-order valence-electron chi connectivity index (χ3n) is 5.87. The average Bonchev–Trinajstić information content (AvgIpc) is 3.21. The minimum absolute atomic E-state index is 0.0277. The standard InChI is InChI=1S/C20H6F8O5/c21-17(19(23,24)25)10-1-6-5-32-14(29)7(6)2-11(10)18(22,20(26,27)28)13-4-9-8(3-12(13)17)15(30)33-16(9)31/h1-4H,5H2. The largest absolute Gasteiger partial charge is 0.457 e. The number of hydrogen-bond donors (Lipinski definition) is 0. The van der Waals surface area contributed by atoms with Crippen LogP contribution in [0.5, 0.6) is 0 Å². The second-order valence-corrected chi connectivity index (χ2v) is 7.56. The minimum atomic E-state index is -5.97. The predicted molar refractivity (Wildman–Crippen MR) is 87.6 cm³/mol. The van der Waals surface area contributed by atoms with Gasteiger partial charge in [-0.1, -0.05) is 0 Å². The van der Waals surface area contributed by atoms with Gasteiger partial charge in [-0.15, -0.1) is 0 Å². The van der Waals surface area contributed by atoms with Crippen LogP contribution in [-0.4, -0.2) is 30.3 Å². The van der Waals surface area contributed by atoms with E-state index in [4.69, 9.17) is 0 Å². The molecular formula is C20H6F8O5. The number of fused-ring (bicyclic) bond motifs is 4. The maximum Gasteiger partial charge on any atom is 0.431 e. The molecule has 1 aliphatic carbocycles. The molecule has 5 rings (SSSR count). The maximum absolute atomic E-state index is 16.0. The number of cyclic esters (lactones) is 3. The number of esters is 3. The number of alkyl halides is 8. The highest BCUT2D eigenvalue weighted by molar-refractivity contribution is 6.15. The SMILES string of the molecule is O=C1OCc2cc3c(cc21)C(F)(C(F)(F)F)c1cc2c(cc1C3(F)C(F)(F)F)C(=O)OC2=O. The fourth-order valence-corrected chi connectivity index (χ4v) is 4.35. The van der Waals surface area contributed by atoms with E-state index < -0.39 is 87.1 Å². The molecule has 172 valence electrons. The summed E-state index contributed by atoms with van der Waals surface area (Å²) in [6.07, 6.45) is -11.9. The van der Waals surface area contributed by atoms with Gasteiger partial charge in [-0.05, 0) is 24.3 Å². The lowest BCUT2D eigenvalue weighted by molar-refractivity contribution is -0.239. The highest BCUT2D eigenvalue weighted by Crippen LogP contribution is 2.62. The molecule has 0 saturated heterocycles. The van der Waals surface area contributed by atoms with Gasteiger partial charge < -0.3 is 9.47 Å². The van der Waals surface area contributed by atoms with Crippen molar-refractivity contribution in [1.82, 2.24) is 0 Å². The van der Waals surface area contributed by atoms with Gasteiger partial charge in [0.1, 0.15) is 6.61 Å². The number of halogens is 8. The van der Waals surface area contributed by atoms with Gasteiger partial charge in [0.2, 0.25) is 0 Å². The molecule has 0 saturated carbocycles. The first-order chi connectivity index (χ1) is 15.1. The molecule has 2 aromatic rings. The Bertz CT molecular complexity index is 1310. The lowest BCUT2D eigenvalue weighted by atomic mass is 9.67. The zero-order valence-electron chi connectivity index (χ0n) is 15.6. The van der Waals surface area contributed by atoms with Crippen molar-refractivity contribution >= 4 is 17.9 Å². The van der Waals surface area contributed by atoms with E-state index in [0.29, 0.717) is 6.07 Å². The molecule has 5 nitrogen and oxygen atoms in total. The highest BCUT2D eigenvalue weighted by Gasteiger charge is 2.71. The minimum Gasteiger partial charge on any atom is -0.457 e. The Hall–Kier alpha value is -3.51. The predicted octanol–water partition coefficient (Wildman–Crippen LogP) is 4.53. The fourth-order valence-electron chi connectivity index (χ4n) is 4.35. The molecule has 2 atom stereocenters. The molecule has 3 aliphatic rings. The average molecular weight is 478 g/mol. The third kappa shape index (κ3) is 2.39. The van der Waals surface area contributed by atoms with Crippen molar-refractivity contribution in [2.45, 2.75) is 30.3 Å². The van der Waals surface area contributed by atoms with Crippen LogP contribution in [0.4, 0.5) is 35.1 Å². The number of carbonyl (C=O) groups is 3. The Morgan fingerprint density at radius 2 is 1.03 bits per heavy atom.